The summed E-state index contributed by atoms with van der Waals surface area (Å²) in [6.45, 7) is 4.56. The highest BCUT2D eigenvalue weighted by molar-refractivity contribution is 7.98. The van der Waals surface area contributed by atoms with Gasteiger partial charge < -0.3 is 0 Å². The molecule has 0 nitrogen and oxygen atoms in total. The average molecular weight is 236 g/mol. The van der Waals surface area contributed by atoms with Crippen LogP contribution in [0.2, 0.25) is 0 Å². The second-order valence-electron chi connectivity index (χ2n) is 4.40. The van der Waals surface area contributed by atoms with Crippen molar-refractivity contribution in [1.82, 2.24) is 0 Å². The molecule has 0 aromatic heterocycles. The van der Waals surface area contributed by atoms with Crippen LogP contribution >= 0.6 is 11.8 Å². The molecule has 0 heterocycles. The van der Waals surface area contributed by atoms with Crippen LogP contribution in [0, 0.1) is 0 Å². The normalized spacial score (nSPS) is 12.7. The van der Waals surface area contributed by atoms with Gasteiger partial charge in [-0.05, 0) is 42.7 Å². The molecule has 0 amide bonds. The van der Waals surface area contributed by atoms with Gasteiger partial charge in [0.25, 0.3) is 0 Å². The molecule has 90 valence electrons. The summed E-state index contributed by atoms with van der Waals surface area (Å²) in [5.41, 5.74) is 1.54. The fourth-order valence-corrected chi connectivity index (χ4v) is 2.56. The minimum absolute atomic E-state index is 0.779. The number of benzene rings is 1. The van der Waals surface area contributed by atoms with Gasteiger partial charge in [-0.1, -0.05) is 45.2 Å². The average Bonchev–Trinajstić information content (AvgIpc) is 2.35. The zero-order valence-corrected chi connectivity index (χ0v) is 11.6. The summed E-state index contributed by atoms with van der Waals surface area (Å²) in [6, 6.07) is 9.16. The Kier molecular flexibility index (Phi) is 6.63. The Morgan fingerprint density at radius 1 is 1.00 bits per heavy atom. The van der Waals surface area contributed by atoms with Crippen LogP contribution in [0.5, 0.6) is 0 Å². The number of hydrogen-bond acceptors (Lipinski definition) is 1. The summed E-state index contributed by atoms with van der Waals surface area (Å²) in [6.07, 6.45) is 8.77. The molecule has 16 heavy (non-hydrogen) atoms. The molecule has 0 aliphatic carbocycles. The molecule has 0 N–H and O–H groups in total. The molecule has 0 bridgehead atoms. The van der Waals surface area contributed by atoms with Crippen molar-refractivity contribution < 1.29 is 0 Å². The van der Waals surface area contributed by atoms with Gasteiger partial charge in [0.05, 0.1) is 0 Å². The first-order valence-corrected chi connectivity index (χ1v) is 7.68. The van der Waals surface area contributed by atoms with Crippen molar-refractivity contribution in [3.05, 3.63) is 29.8 Å². The van der Waals surface area contributed by atoms with Crippen molar-refractivity contribution >= 4 is 11.8 Å². The van der Waals surface area contributed by atoms with Gasteiger partial charge >= 0.3 is 0 Å². The van der Waals surface area contributed by atoms with Crippen LogP contribution in [0.15, 0.2) is 29.2 Å². The topological polar surface area (TPSA) is 0 Å². The third-order valence-electron chi connectivity index (χ3n) is 3.13. The largest absolute Gasteiger partial charge is 0.130 e. The van der Waals surface area contributed by atoms with E-state index in [4.69, 9.17) is 0 Å². The van der Waals surface area contributed by atoms with E-state index in [1.54, 1.807) is 0 Å². The Hall–Kier alpha value is -0.430. The van der Waals surface area contributed by atoms with E-state index < -0.39 is 0 Å². The van der Waals surface area contributed by atoms with Crippen LogP contribution in [-0.4, -0.2) is 6.26 Å². The molecule has 1 heteroatoms. The van der Waals surface area contributed by atoms with Crippen LogP contribution in [0.25, 0.3) is 0 Å². The quantitative estimate of drug-likeness (QED) is 0.565. The molecule has 1 rings (SSSR count). The summed E-state index contributed by atoms with van der Waals surface area (Å²) < 4.78 is 0. The van der Waals surface area contributed by atoms with Crippen LogP contribution in [-0.2, 0) is 0 Å². The highest BCUT2D eigenvalue weighted by Gasteiger charge is 2.09. The monoisotopic (exact) mass is 236 g/mol. The Bertz CT molecular complexity index is 276. The van der Waals surface area contributed by atoms with Gasteiger partial charge in [-0.15, -0.1) is 11.8 Å². The predicted molar refractivity (Wildman–Crippen MR) is 75.4 cm³/mol. The third-order valence-corrected chi connectivity index (χ3v) is 3.87. The summed E-state index contributed by atoms with van der Waals surface area (Å²) in [5.74, 6) is 0.779. The zero-order valence-electron chi connectivity index (χ0n) is 10.8. The van der Waals surface area contributed by atoms with Crippen LogP contribution in [0.1, 0.15) is 57.4 Å². The van der Waals surface area contributed by atoms with Gasteiger partial charge in [0.2, 0.25) is 0 Å². The molecular formula is C15H24S. The first-order chi connectivity index (χ1) is 7.81. The van der Waals surface area contributed by atoms with E-state index in [-0.39, 0.29) is 0 Å². The van der Waals surface area contributed by atoms with E-state index in [2.05, 4.69) is 44.4 Å². The smallest absolute Gasteiger partial charge is 0.00693 e. The van der Waals surface area contributed by atoms with Crippen molar-refractivity contribution in [2.24, 2.45) is 0 Å². The van der Waals surface area contributed by atoms with Gasteiger partial charge in [0.1, 0.15) is 0 Å². The zero-order chi connectivity index (χ0) is 11.8. The summed E-state index contributed by atoms with van der Waals surface area (Å²) in [5, 5.41) is 0. The maximum absolute atomic E-state index is 2.32. The highest BCUT2D eigenvalue weighted by Crippen LogP contribution is 2.28. The van der Waals surface area contributed by atoms with Crippen molar-refractivity contribution in [3.8, 4) is 0 Å². The first-order valence-electron chi connectivity index (χ1n) is 6.45. The van der Waals surface area contributed by atoms with Crippen molar-refractivity contribution in [2.75, 3.05) is 6.26 Å². The second kappa shape index (κ2) is 7.78. The van der Waals surface area contributed by atoms with Gasteiger partial charge in [-0.2, -0.15) is 0 Å². The van der Waals surface area contributed by atoms with E-state index in [9.17, 15) is 0 Å². The predicted octanol–water partition coefficient (Wildman–Crippen LogP) is 5.48. The fraction of sp³-hybridized carbons (Fsp3) is 0.600. The minimum Gasteiger partial charge on any atom is -0.130 e. The number of thioether (sulfide) groups is 1. The molecule has 0 radical (unpaired) electrons. The molecule has 0 aliphatic heterocycles. The fourth-order valence-electron chi connectivity index (χ4n) is 2.15. The molecule has 1 aromatic carbocycles. The minimum atomic E-state index is 0.779. The lowest BCUT2D eigenvalue weighted by atomic mass is 9.90. The van der Waals surface area contributed by atoms with E-state index in [1.165, 1.54) is 42.6 Å². The van der Waals surface area contributed by atoms with Gasteiger partial charge in [-0.3, -0.25) is 0 Å². The van der Waals surface area contributed by atoms with Gasteiger partial charge in [0, 0.05) is 4.90 Å². The Morgan fingerprint density at radius 2 is 1.69 bits per heavy atom. The maximum Gasteiger partial charge on any atom is 0.00693 e. The van der Waals surface area contributed by atoms with Crippen LogP contribution in [0.4, 0.5) is 0 Å². The van der Waals surface area contributed by atoms with E-state index >= 15 is 0 Å². The number of rotatable bonds is 7. The Balaban J connectivity index is 2.67. The van der Waals surface area contributed by atoms with Crippen molar-refractivity contribution in [2.45, 2.75) is 56.8 Å². The number of hydrogen-bond donors (Lipinski definition) is 0. The molecule has 0 aliphatic rings. The lowest BCUT2D eigenvalue weighted by Crippen LogP contribution is -1.98. The lowest BCUT2D eigenvalue weighted by Gasteiger charge is -2.16. The number of unbranched alkanes of at least 4 members (excludes halogenated alkanes) is 1. The van der Waals surface area contributed by atoms with Crippen molar-refractivity contribution in [1.29, 1.82) is 0 Å². The van der Waals surface area contributed by atoms with E-state index in [0.717, 1.165) is 5.92 Å². The van der Waals surface area contributed by atoms with Gasteiger partial charge in [0.15, 0.2) is 0 Å². The first kappa shape index (κ1) is 13.6. The maximum atomic E-state index is 2.32. The molecule has 0 saturated heterocycles. The van der Waals surface area contributed by atoms with Crippen LogP contribution < -0.4 is 0 Å². The molecule has 0 spiro atoms. The summed E-state index contributed by atoms with van der Waals surface area (Å²) in [4.78, 5) is 1.37. The van der Waals surface area contributed by atoms with E-state index in [0.29, 0.717) is 0 Å². The highest BCUT2D eigenvalue weighted by atomic mass is 32.2. The molecule has 1 unspecified atom stereocenters. The SMILES string of the molecule is CCCCC(CCC)c1ccc(SC)cc1. The van der Waals surface area contributed by atoms with E-state index in [1.807, 2.05) is 11.8 Å². The molecule has 1 aromatic rings. The lowest BCUT2D eigenvalue weighted by molar-refractivity contribution is 0.541. The molecule has 0 saturated carbocycles. The molecular weight excluding hydrogens is 212 g/mol. The van der Waals surface area contributed by atoms with Crippen molar-refractivity contribution in [3.63, 3.8) is 0 Å². The summed E-state index contributed by atoms with van der Waals surface area (Å²) >= 11 is 1.82. The van der Waals surface area contributed by atoms with Gasteiger partial charge in [-0.25, -0.2) is 0 Å². The standard InChI is InChI=1S/C15H24S/c1-4-6-8-13(7-5-2)14-9-11-15(16-3)12-10-14/h9-13H,4-8H2,1-3H3. The Labute approximate surface area is 105 Å². The second-order valence-corrected chi connectivity index (χ2v) is 5.28. The summed E-state index contributed by atoms with van der Waals surface area (Å²) in [7, 11) is 0. The molecule has 1 atom stereocenters. The third kappa shape index (κ3) is 4.21. The molecule has 0 fully saturated rings. The van der Waals surface area contributed by atoms with Crippen LogP contribution in [0.3, 0.4) is 0 Å². The Morgan fingerprint density at radius 3 is 2.19 bits per heavy atom.